The second kappa shape index (κ2) is 3.64. The van der Waals surface area contributed by atoms with Crippen molar-refractivity contribution in [3.05, 3.63) is 34.8 Å². The Bertz CT molecular complexity index is 690. The van der Waals surface area contributed by atoms with E-state index in [-0.39, 0.29) is 29.4 Å². The molecule has 3 heterocycles. The number of piperazine rings is 1. The Labute approximate surface area is 122 Å². The van der Waals surface area contributed by atoms with Gasteiger partial charge in [0.25, 0.3) is 0 Å². The number of methoxy groups -OCH3 is 2. The molecule has 3 atom stereocenters. The molecule has 1 aliphatic carbocycles. The highest BCUT2D eigenvalue weighted by atomic mass is 16.5. The lowest BCUT2D eigenvalue weighted by molar-refractivity contribution is -0.120. The number of nitrogens with zero attached hydrogens (tertiary/aromatic N) is 1. The van der Waals surface area contributed by atoms with E-state index in [1.165, 1.54) is 7.11 Å². The number of ether oxygens (including phenoxy) is 2. The molecule has 0 aromatic heterocycles. The van der Waals surface area contributed by atoms with Crippen molar-refractivity contribution in [1.29, 1.82) is 0 Å². The molecule has 0 saturated carbocycles. The second-order valence-electron chi connectivity index (χ2n) is 5.78. The van der Waals surface area contributed by atoms with Gasteiger partial charge < -0.3 is 19.7 Å². The van der Waals surface area contributed by atoms with E-state index in [4.69, 9.17) is 9.47 Å². The van der Waals surface area contributed by atoms with Gasteiger partial charge in [0.05, 0.1) is 24.4 Å². The SMILES string of the molecule is C=C1C2=C(C(=O)C(C)=C(OC)C2=O)N2C[C@@H]3N[C@@H]3[C@]12OC. The van der Waals surface area contributed by atoms with Crippen LogP contribution in [0.3, 0.4) is 0 Å². The summed E-state index contributed by atoms with van der Waals surface area (Å²) in [5.74, 6) is -0.354. The average molecular weight is 288 g/mol. The molecular weight excluding hydrogens is 272 g/mol. The summed E-state index contributed by atoms with van der Waals surface area (Å²) in [6, 6.07) is 0.360. The third kappa shape index (κ3) is 1.17. The standard InChI is InChI=1S/C15H16N2O4/c1-6-11(18)10-9(12(19)13(6)20-3)7(2)15(21-4)14-8(16-14)5-17(10)15/h8,14,16H,2,5H2,1,3-4H3/t8-,14-,15+/m0/s1. The van der Waals surface area contributed by atoms with E-state index in [0.717, 1.165) is 0 Å². The highest BCUT2D eigenvalue weighted by molar-refractivity contribution is 6.26. The molecule has 0 unspecified atom stereocenters. The molecule has 0 bridgehead atoms. The number of rotatable bonds is 2. The number of hydrogen-bond acceptors (Lipinski definition) is 6. The Kier molecular flexibility index (Phi) is 2.22. The van der Waals surface area contributed by atoms with Crippen LogP contribution in [-0.2, 0) is 19.1 Å². The zero-order valence-corrected chi connectivity index (χ0v) is 12.1. The van der Waals surface area contributed by atoms with Crippen LogP contribution in [0, 0.1) is 0 Å². The summed E-state index contributed by atoms with van der Waals surface area (Å²) in [7, 11) is 2.99. The van der Waals surface area contributed by atoms with E-state index in [0.29, 0.717) is 29.0 Å². The van der Waals surface area contributed by atoms with Crippen molar-refractivity contribution in [2.75, 3.05) is 20.8 Å². The van der Waals surface area contributed by atoms with Gasteiger partial charge in [0.15, 0.2) is 11.5 Å². The average Bonchev–Trinajstić information content (AvgIpc) is 3.09. The molecule has 0 aromatic carbocycles. The fourth-order valence-corrected chi connectivity index (χ4v) is 3.94. The molecule has 4 rings (SSSR count). The molecule has 0 amide bonds. The van der Waals surface area contributed by atoms with Crippen molar-refractivity contribution >= 4 is 11.6 Å². The van der Waals surface area contributed by atoms with Crippen LogP contribution in [0.2, 0.25) is 0 Å². The fraction of sp³-hybridized carbons (Fsp3) is 0.467. The van der Waals surface area contributed by atoms with Crippen LogP contribution in [0.15, 0.2) is 34.8 Å². The summed E-state index contributed by atoms with van der Waals surface area (Å²) in [5.41, 5.74) is 0.840. The Hall–Kier alpha value is -1.92. The van der Waals surface area contributed by atoms with Crippen molar-refractivity contribution in [2.45, 2.75) is 24.7 Å². The zero-order chi connectivity index (χ0) is 15.1. The molecule has 110 valence electrons. The van der Waals surface area contributed by atoms with Gasteiger partial charge in [-0.15, -0.1) is 0 Å². The quantitative estimate of drug-likeness (QED) is 0.564. The summed E-state index contributed by atoms with van der Waals surface area (Å²) in [4.78, 5) is 27.2. The first kappa shape index (κ1) is 12.8. The molecule has 6 nitrogen and oxygen atoms in total. The molecule has 6 heteroatoms. The third-order valence-corrected chi connectivity index (χ3v) is 4.97. The predicted molar refractivity (Wildman–Crippen MR) is 73.0 cm³/mol. The van der Waals surface area contributed by atoms with E-state index < -0.39 is 5.72 Å². The summed E-state index contributed by atoms with van der Waals surface area (Å²) < 4.78 is 10.9. The van der Waals surface area contributed by atoms with Crippen LogP contribution in [0.5, 0.6) is 0 Å². The van der Waals surface area contributed by atoms with Crippen molar-refractivity contribution < 1.29 is 19.1 Å². The number of Topliss-reactive ketones (excluding diaryl/α,β-unsaturated/α-hetero) is 2. The van der Waals surface area contributed by atoms with Crippen molar-refractivity contribution in [1.82, 2.24) is 10.2 Å². The molecule has 0 radical (unpaired) electrons. The van der Waals surface area contributed by atoms with Gasteiger partial charge in [-0.2, -0.15) is 0 Å². The van der Waals surface area contributed by atoms with Gasteiger partial charge in [0.1, 0.15) is 0 Å². The largest absolute Gasteiger partial charge is 0.492 e. The number of nitrogens with one attached hydrogen (secondary N) is 1. The Morgan fingerprint density at radius 1 is 1.33 bits per heavy atom. The van der Waals surface area contributed by atoms with Crippen LogP contribution in [0.4, 0.5) is 0 Å². The Morgan fingerprint density at radius 2 is 2.05 bits per heavy atom. The van der Waals surface area contributed by atoms with Crippen LogP contribution in [0.1, 0.15) is 6.92 Å². The molecule has 0 spiro atoms. The van der Waals surface area contributed by atoms with Crippen LogP contribution >= 0.6 is 0 Å². The number of hydrogen-bond donors (Lipinski definition) is 1. The molecule has 21 heavy (non-hydrogen) atoms. The normalized spacial score (nSPS) is 37.1. The minimum absolute atomic E-state index is 0.0764. The van der Waals surface area contributed by atoms with E-state index in [9.17, 15) is 9.59 Å². The van der Waals surface area contributed by atoms with E-state index in [1.807, 2.05) is 4.90 Å². The molecule has 3 aliphatic heterocycles. The lowest BCUT2D eigenvalue weighted by Crippen LogP contribution is -2.50. The van der Waals surface area contributed by atoms with Gasteiger partial charge in [0, 0.05) is 30.8 Å². The molecule has 4 aliphatic rings. The van der Waals surface area contributed by atoms with Crippen molar-refractivity contribution in [2.24, 2.45) is 0 Å². The number of allylic oxidation sites excluding steroid dienone is 2. The van der Waals surface area contributed by atoms with Gasteiger partial charge in [-0.05, 0) is 6.92 Å². The van der Waals surface area contributed by atoms with Crippen LogP contribution in [0.25, 0.3) is 0 Å². The van der Waals surface area contributed by atoms with E-state index in [1.54, 1.807) is 14.0 Å². The molecule has 2 fully saturated rings. The van der Waals surface area contributed by atoms with E-state index >= 15 is 0 Å². The first-order valence-corrected chi connectivity index (χ1v) is 6.86. The first-order valence-electron chi connectivity index (χ1n) is 6.86. The molecule has 2 saturated heterocycles. The Morgan fingerprint density at radius 3 is 2.67 bits per heavy atom. The molecule has 1 N–H and O–H groups in total. The van der Waals surface area contributed by atoms with Gasteiger partial charge in [0.2, 0.25) is 11.6 Å². The maximum Gasteiger partial charge on any atom is 0.230 e. The maximum atomic E-state index is 12.7. The lowest BCUT2D eigenvalue weighted by Gasteiger charge is -2.36. The maximum absolute atomic E-state index is 12.7. The van der Waals surface area contributed by atoms with Crippen LogP contribution in [-0.4, -0.2) is 55.0 Å². The highest BCUT2D eigenvalue weighted by Crippen LogP contribution is 2.54. The van der Waals surface area contributed by atoms with Gasteiger partial charge in [-0.3, -0.25) is 9.59 Å². The smallest absolute Gasteiger partial charge is 0.230 e. The topological polar surface area (TPSA) is 77.8 Å². The minimum atomic E-state index is -0.815. The number of fused-ring (bicyclic) bond motifs is 4. The zero-order valence-electron chi connectivity index (χ0n) is 12.1. The van der Waals surface area contributed by atoms with E-state index in [2.05, 4.69) is 11.9 Å². The Balaban J connectivity index is 1.90. The minimum Gasteiger partial charge on any atom is -0.492 e. The molecular formula is C15H16N2O4. The van der Waals surface area contributed by atoms with Gasteiger partial charge >= 0.3 is 0 Å². The number of ketones is 2. The van der Waals surface area contributed by atoms with Gasteiger partial charge in [-0.25, -0.2) is 0 Å². The number of carbonyl (C=O) groups excluding carboxylic acids is 2. The molecule has 0 aromatic rings. The first-order chi connectivity index (χ1) is 9.98. The summed E-state index contributed by atoms with van der Waals surface area (Å²) in [6.07, 6.45) is 0. The summed E-state index contributed by atoms with van der Waals surface area (Å²) in [5, 5.41) is 3.32. The predicted octanol–water partition coefficient (Wildman–Crippen LogP) is -0.119. The fourth-order valence-electron chi connectivity index (χ4n) is 3.94. The monoisotopic (exact) mass is 288 g/mol. The highest BCUT2D eigenvalue weighted by Gasteiger charge is 2.70. The van der Waals surface area contributed by atoms with Gasteiger partial charge in [-0.1, -0.05) is 6.58 Å². The van der Waals surface area contributed by atoms with Crippen molar-refractivity contribution in [3.63, 3.8) is 0 Å². The second-order valence-corrected chi connectivity index (χ2v) is 5.78. The summed E-state index contributed by atoms with van der Waals surface area (Å²) >= 11 is 0. The van der Waals surface area contributed by atoms with Crippen LogP contribution < -0.4 is 5.32 Å². The summed E-state index contributed by atoms with van der Waals surface area (Å²) in [6.45, 7) is 6.33. The number of carbonyl (C=O) groups is 2. The third-order valence-electron chi connectivity index (χ3n) is 4.97. The lowest BCUT2D eigenvalue weighted by atomic mass is 9.88. The van der Waals surface area contributed by atoms with Crippen molar-refractivity contribution in [3.8, 4) is 0 Å².